The maximum Gasteiger partial charge on any atom is 0.261 e. The molecule has 2 atom stereocenters. The van der Waals surface area contributed by atoms with E-state index in [1.807, 2.05) is 56.3 Å². The lowest BCUT2D eigenvalue weighted by molar-refractivity contribution is -0.139. The Balaban J connectivity index is 0.932. The number of carbonyl (C=O) groups is 5. The number of nitrogens with zero attached hydrogens (tertiary/aromatic N) is 7. The molecule has 5 amide bonds. The Kier molecular flexibility index (Phi) is 19.5. The second-order valence-corrected chi connectivity index (χ2v) is 17.0. The number of rotatable bonds is 22. The maximum atomic E-state index is 13.4. The van der Waals surface area contributed by atoms with Gasteiger partial charge in [0.1, 0.15) is 18.5 Å². The Morgan fingerprint density at radius 3 is 2.36 bits per heavy atom. The number of unbranched alkanes of at least 4 members (excludes halogenated alkanes) is 3. The van der Waals surface area contributed by atoms with Crippen molar-refractivity contribution >= 4 is 47.2 Å². The number of morpholine rings is 1. The van der Waals surface area contributed by atoms with Crippen LogP contribution in [-0.4, -0.2) is 154 Å². The summed E-state index contributed by atoms with van der Waals surface area (Å²) in [5, 5.41) is 5.33. The number of carbonyl (C=O) groups excluding carboxylic acids is 5. The molecule has 3 saturated heterocycles. The molecule has 17 heteroatoms. The number of anilines is 3. The number of amides is 5. The Hall–Kier alpha value is -5.93. The van der Waals surface area contributed by atoms with Crippen LogP contribution in [-0.2, 0) is 28.6 Å². The average Bonchev–Trinajstić information content (AvgIpc) is 3.34. The lowest BCUT2D eigenvalue weighted by Crippen LogP contribution is -2.53. The van der Waals surface area contributed by atoms with Gasteiger partial charge in [0.15, 0.2) is 0 Å². The highest BCUT2D eigenvalue weighted by molar-refractivity contribution is 6.07. The van der Waals surface area contributed by atoms with E-state index in [1.54, 1.807) is 6.07 Å². The lowest BCUT2D eigenvalue weighted by atomic mass is 10.0. The van der Waals surface area contributed by atoms with Crippen LogP contribution < -0.4 is 25.3 Å². The van der Waals surface area contributed by atoms with Gasteiger partial charge < -0.3 is 34.2 Å². The van der Waals surface area contributed by atoms with Gasteiger partial charge in [-0.3, -0.25) is 39.1 Å². The van der Waals surface area contributed by atoms with Crippen LogP contribution in [0.5, 0.6) is 0 Å². The Morgan fingerprint density at radius 2 is 1.66 bits per heavy atom. The quantitative estimate of drug-likeness (QED) is 0.0636. The van der Waals surface area contributed by atoms with Gasteiger partial charge in [0, 0.05) is 93.9 Å². The molecular formula is C50H67N9O8. The highest BCUT2D eigenvalue weighted by Crippen LogP contribution is 2.24. The molecule has 0 radical (unpaired) electrons. The summed E-state index contributed by atoms with van der Waals surface area (Å²) in [5.41, 5.74) is 4.35. The van der Waals surface area contributed by atoms with E-state index >= 15 is 0 Å². The maximum absolute atomic E-state index is 13.4. The standard InChI is InChI=1S/C50H67N9O8/c1-5-7-8-9-20-56(6-2)46-35-43(38(4)51-48(62)39-12-14-40(15-13-39)58-26-30-66-31-27-58)52-45(53-46)11-10-28-65-32-33-67-29-25-55-21-23-57(24-22-55)41-16-17-42(37(3)34-41)50(64)59(36-60)44-18-19-47(61)54-49(44)63/h12-17,34-36,38,44H,5-9,18-33H2,1-4H3,(H,51,62)(H,54,61,63). The molecule has 3 aliphatic rings. The van der Waals surface area contributed by atoms with E-state index in [4.69, 9.17) is 24.2 Å². The van der Waals surface area contributed by atoms with E-state index in [9.17, 15) is 24.0 Å². The van der Waals surface area contributed by atoms with Gasteiger partial charge >= 0.3 is 0 Å². The van der Waals surface area contributed by atoms with Gasteiger partial charge in [-0.2, -0.15) is 0 Å². The fourth-order valence-electron chi connectivity index (χ4n) is 8.37. The van der Waals surface area contributed by atoms with Crippen molar-refractivity contribution in [2.45, 2.75) is 78.3 Å². The molecule has 3 aromatic rings. The van der Waals surface area contributed by atoms with E-state index in [0.717, 1.165) is 93.8 Å². The third kappa shape index (κ3) is 14.5. The summed E-state index contributed by atoms with van der Waals surface area (Å²) in [6, 6.07) is 13.7. The molecular weight excluding hydrogens is 855 g/mol. The molecule has 1 aromatic heterocycles. The predicted molar refractivity (Wildman–Crippen MR) is 256 cm³/mol. The van der Waals surface area contributed by atoms with Crippen molar-refractivity contribution in [1.82, 2.24) is 30.4 Å². The number of ether oxygens (including phenoxy) is 3. The molecule has 360 valence electrons. The molecule has 3 fully saturated rings. The summed E-state index contributed by atoms with van der Waals surface area (Å²) in [4.78, 5) is 82.0. The van der Waals surface area contributed by atoms with Crippen LogP contribution in [0.3, 0.4) is 0 Å². The smallest absolute Gasteiger partial charge is 0.261 e. The van der Waals surface area contributed by atoms with Crippen LogP contribution in [0.4, 0.5) is 17.2 Å². The monoisotopic (exact) mass is 922 g/mol. The van der Waals surface area contributed by atoms with Gasteiger partial charge in [-0.25, -0.2) is 9.97 Å². The van der Waals surface area contributed by atoms with Crippen molar-refractivity contribution < 1.29 is 38.2 Å². The van der Waals surface area contributed by atoms with Crippen molar-refractivity contribution in [1.29, 1.82) is 0 Å². The minimum Gasteiger partial charge on any atom is -0.378 e. The third-order valence-electron chi connectivity index (χ3n) is 12.4. The summed E-state index contributed by atoms with van der Waals surface area (Å²) in [5.74, 6) is 5.54. The first-order valence-electron chi connectivity index (χ1n) is 23.8. The number of piperazine rings is 1. The van der Waals surface area contributed by atoms with E-state index in [-0.39, 0.29) is 31.4 Å². The van der Waals surface area contributed by atoms with Crippen molar-refractivity contribution in [3.05, 3.63) is 76.7 Å². The lowest BCUT2D eigenvalue weighted by Gasteiger charge is -2.36. The number of imide groups is 2. The third-order valence-corrected chi connectivity index (χ3v) is 12.4. The zero-order valence-electron chi connectivity index (χ0n) is 39.6. The largest absolute Gasteiger partial charge is 0.378 e. The molecule has 0 spiro atoms. The van der Waals surface area contributed by atoms with Crippen LogP contribution in [0.1, 0.15) is 103 Å². The average molecular weight is 922 g/mol. The van der Waals surface area contributed by atoms with Gasteiger partial charge in [-0.15, -0.1) is 0 Å². The zero-order valence-corrected chi connectivity index (χ0v) is 39.6. The molecule has 6 rings (SSSR count). The molecule has 4 heterocycles. The minimum atomic E-state index is -1.01. The van der Waals surface area contributed by atoms with Crippen LogP contribution >= 0.6 is 0 Å². The van der Waals surface area contributed by atoms with Gasteiger partial charge in [0.25, 0.3) is 11.8 Å². The number of nitrogens with one attached hydrogen (secondary N) is 2. The van der Waals surface area contributed by atoms with Crippen LogP contribution in [0, 0.1) is 18.8 Å². The summed E-state index contributed by atoms with van der Waals surface area (Å²) < 4.78 is 17.1. The second kappa shape index (κ2) is 25.8. The molecule has 67 heavy (non-hydrogen) atoms. The highest BCUT2D eigenvalue weighted by Gasteiger charge is 2.35. The van der Waals surface area contributed by atoms with Crippen molar-refractivity contribution in [3.63, 3.8) is 0 Å². The van der Waals surface area contributed by atoms with E-state index in [1.165, 1.54) is 12.8 Å². The Labute approximate surface area is 394 Å². The number of hydrogen-bond acceptors (Lipinski definition) is 14. The first-order chi connectivity index (χ1) is 32.6. The van der Waals surface area contributed by atoms with E-state index < -0.39 is 23.8 Å². The first kappa shape index (κ1) is 50.5. The van der Waals surface area contributed by atoms with Gasteiger partial charge in [0.2, 0.25) is 24.0 Å². The first-order valence-corrected chi connectivity index (χ1v) is 23.8. The molecule has 3 aliphatic heterocycles. The second-order valence-electron chi connectivity index (χ2n) is 17.0. The van der Waals surface area contributed by atoms with Gasteiger partial charge in [-0.05, 0) is 87.6 Å². The van der Waals surface area contributed by atoms with Crippen LogP contribution in [0.2, 0.25) is 0 Å². The number of benzene rings is 2. The zero-order chi connectivity index (χ0) is 47.5. The molecule has 2 unspecified atom stereocenters. The molecule has 0 saturated carbocycles. The SMILES string of the molecule is CCCCCCN(CC)c1cc(C(C)NC(=O)c2ccc(N3CCOCC3)cc2)nc(C#CCOCCOCCN2CCN(c3ccc(C(=O)N(C=O)C4CCC(=O)NC4=O)c(C)c3)CC2)n1. The van der Waals surface area contributed by atoms with Crippen LogP contribution in [0.25, 0.3) is 0 Å². The number of piperidine rings is 1. The molecule has 0 bridgehead atoms. The van der Waals surface area contributed by atoms with Crippen LogP contribution in [0.15, 0.2) is 48.5 Å². The summed E-state index contributed by atoms with van der Waals surface area (Å²) in [6.07, 6.45) is 5.11. The minimum absolute atomic E-state index is 0.0696. The van der Waals surface area contributed by atoms with E-state index in [2.05, 4.69) is 55.9 Å². The fraction of sp³-hybridized carbons (Fsp3) is 0.540. The molecule has 17 nitrogen and oxygen atoms in total. The fourth-order valence-corrected chi connectivity index (χ4v) is 8.37. The Morgan fingerprint density at radius 1 is 0.925 bits per heavy atom. The normalized spacial score (nSPS) is 17.0. The summed E-state index contributed by atoms with van der Waals surface area (Å²) in [6.45, 7) is 18.4. The predicted octanol–water partition coefficient (Wildman–Crippen LogP) is 4.13. The Bertz CT molecular complexity index is 2200. The van der Waals surface area contributed by atoms with Crippen molar-refractivity contribution in [2.24, 2.45) is 0 Å². The van der Waals surface area contributed by atoms with E-state index in [0.29, 0.717) is 67.7 Å². The number of aromatic nitrogens is 2. The summed E-state index contributed by atoms with van der Waals surface area (Å²) >= 11 is 0. The molecule has 0 aliphatic carbocycles. The summed E-state index contributed by atoms with van der Waals surface area (Å²) in [7, 11) is 0. The van der Waals surface area contributed by atoms with Gasteiger partial charge in [0.05, 0.1) is 44.8 Å². The molecule has 2 aromatic carbocycles. The highest BCUT2D eigenvalue weighted by atomic mass is 16.5. The number of aryl methyl sites for hydroxylation is 1. The number of hydrogen-bond donors (Lipinski definition) is 2. The van der Waals surface area contributed by atoms with Crippen molar-refractivity contribution in [2.75, 3.05) is 113 Å². The van der Waals surface area contributed by atoms with Crippen molar-refractivity contribution in [3.8, 4) is 11.8 Å². The molecule has 2 N–H and O–H groups in total. The van der Waals surface area contributed by atoms with Gasteiger partial charge in [-0.1, -0.05) is 32.1 Å². The topological polar surface area (TPSA) is 179 Å².